The topological polar surface area (TPSA) is 66.9 Å². The third-order valence-corrected chi connectivity index (χ3v) is 4.58. The van der Waals surface area contributed by atoms with Crippen molar-refractivity contribution >= 4 is 28.9 Å². The van der Waals surface area contributed by atoms with Crippen molar-refractivity contribution < 1.29 is 18.0 Å². The summed E-state index contributed by atoms with van der Waals surface area (Å²) in [6.07, 6.45) is -1.00. The fraction of sp³-hybridized carbons (Fsp3) is 0.190. The molecule has 1 aromatic heterocycles. The molecule has 0 saturated heterocycles. The van der Waals surface area contributed by atoms with Crippen molar-refractivity contribution in [2.75, 3.05) is 17.2 Å². The fourth-order valence-electron chi connectivity index (χ4n) is 2.72. The van der Waals surface area contributed by atoms with Crippen LogP contribution in [0.2, 0.25) is 5.02 Å². The van der Waals surface area contributed by atoms with Gasteiger partial charge in [-0.15, -0.1) is 0 Å². The first-order valence-corrected chi connectivity index (χ1v) is 9.40. The van der Waals surface area contributed by atoms with E-state index in [1.165, 1.54) is 18.5 Å². The van der Waals surface area contributed by atoms with Gasteiger partial charge in [-0.25, -0.2) is 9.97 Å². The van der Waals surface area contributed by atoms with Crippen LogP contribution in [0.1, 0.15) is 27.3 Å². The third kappa shape index (κ3) is 5.70. The summed E-state index contributed by atoms with van der Waals surface area (Å²) < 4.78 is 38.4. The molecule has 3 aromatic rings. The summed E-state index contributed by atoms with van der Waals surface area (Å²) in [4.78, 5) is 20.5. The van der Waals surface area contributed by atoms with E-state index in [2.05, 4.69) is 20.6 Å². The number of aromatic nitrogens is 2. The van der Waals surface area contributed by atoms with Gasteiger partial charge in [0.2, 0.25) is 0 Å². The van der Waals surface area contributed by atoms with Crippen LogP contribution in [-0.2, 0) is 12.6 Å². The van der Waals surface area contributed by atoms with Crippen LogP contribution in [0.3, 0.4) is 0 Å². The summed E-state index contributed by atoms with van der Waals surface area (Å²) in [7, 11) is 0. The molecule has 0 spiro atoms. The lowest BCUT2D eigenvalue weighted by molar-refractivity contribution is -0.137. The second-order valence-electron chi connectivity index (χ2n) is 6.54. The summed E-state index contributed by atoms with van der Waals surface area (Å²) in [5.41, 5.74) is 1.19. The summed E-state index contributed by atoms with van der Waals surface area (Å²) in [5, 5.41) is 6.04. The highest BCUT2D eigenvalue weighted by Gasteiger charge is 2.30. The number of aryl methyl sites for hydroxylation is 1. The number of anilines is 2. The molecule has 1 amide bonds. The lowest BCUT2D eigenvalue weighted by atomic mass is 10.1. The van der Waals surface area contributed by atoms with Gasteiger partial charge in [0.15, 0.2) is 0 Å². The average molecular weight is 435 g/mol. The second-order valence-corrected chi connectivity index (χ2v) is 6.95. The van der Waals surface area contributed by atoms with E-state index in [0.717, 1.165) is 12.1 Å². The molecular formula is C21H18ClF3N4O. The highest BCUT2D eigenvalue weighted by Crippen LogP contribution is 2.29. The lowest BCUT2D eigenvalue weighted by Crippen LogP contribution is -2.14. The number of amides is 1. The molecule has 9 heteroatoms. The van der Waals surface area contributed by atoms with Crippen molar-refractivity contribution in [2.45, 2.75) is 19.5 Å². The molecule has 5 nitrogen and oxygen atoms in total. The molecule has 0 unspecified atom stereocenters. The van der Waals surface area contributed by atoms with Gasteiger partial charge < -0.3 is 10.6 Å². The Morgan fingerprint density at radius 1 is 1.07 bits per heavy atom. The van der Waals surface area contributed by atoms with Crippen LogP contribution >= 0.6 is 11.6 Å². The molecule has 0 bridgehead atoms. The first-order valence-electron chi connectivity index (χ1n) is 9.02. The summed E-state index contributed by atoms with van der Waals surface area (Å²) >= 11 is 6.15. The number of halogens is 4. The van der Waals surface area contributed by atoms with Crippen LogP contribution in [0.25, 0.3) is 0 Å². The number of nitrogens with one attached hydrogen (secondary N) is 2. The van der Waals surface area contributed by atoms with Gasteiger partial charge in [-0.2, -0.15) is 13.2 Å². The monoisotopic (exact) mass is 434 g/mol. The van der Waals surface area contributed by atoms with Gasteiger partial charge >= 0.3 is 6.18 Å². The number of rotatable bonds is 6. The first kappa shape index (κ1) is 21.6. The van der Waals surface area contributed by atoms with Crippen LogP contribution in [0.4, 0.5) is 24.5 Å². The van der Waals surface area contributed by atoms with E-state index in [-0.39, 0.29) is 10.6 Å². The maximum atomic E-state index is 12.8. The number of alkyl halides is 3. The molecule has 1 heterocycles. The zero-order valence-electron chi connectivity index (χ0n) is 15.9. The molecule has 0 aliphatic carbocycles. The average Bonchev–Trinajstić information content (AvgIpc) is 2.70. The smallest absolute Gasteiger partial charge is 0.385 e. The molecule has 30 heavy (non-hydrogen) atoms. The molecule has 3 rings (SSSR count). The third-order valence-electron chi connectivity index (χ3n) is 4.25. The van der Waals surface area contributed by atoms with Gasteiger partial charge in [-0.05, 0) is 43.2 Å². The van der Waals surface area contributed by atoms with Gasteiger partial charge in [0, 0.05) is 12.2 Å². The molecule has 0 saturated carbocycles. The Balaban J connectivity index is 1.64. The molecule has 0 atom stereocenters. The van der Waals surface area contributed by atoms with Gasteiger partial charge in [-0.1, -0.05) is 29.8 Å². The van der Waals surface area contributed by atoms with Crippen molar-refractivity contribution in [1.82, 2.24) is 9.97 Å². The maximum absolute atomic E-state index is 12.8. The van der Waals surface area contributed by atoms with Crippen molar-refractivity contribution in [3.8, 4) is 0 Å². The van der Waals surface area contributed by atoms with Gasteiger partial charge in [0.1, 0.15) is 5.82 Å². The largest absolute Gasteiger partial charge is 0.416 e. The van der Waals surface area contributed by atoms with Crippen molar-refractivity contribution in [3.63, 3.8) is 0 Å². The Kier molecular flexibility index (Phi) is 6.56. The van der Waals surface area contributed by atoms with E-state index in [0.29, 0.717) is 35.7 Å². The van der Waals surface area contributed by atoms with E-state index in [1.807, 2.05) is 0 Å². The van der Waals surface area contributed by atoms with Gasteiger partial charge in [0.05, 0.1) is 34.2 Å². The van der Waals surface area contributed by atoms with Crippen molar-refractivity contribution in [1.29, 1.82) is 0 Å². The number of carbonyl (C=O) groups is 1. The van der Waals surface area contributed by atoms with Gasteiger partial charge in [0.25, 0.3) is 5.91 Å². The Labute approximate surface area is 176 Å². The molecular weight excluding hydrogens is 417 g/mol. The number of hydrogen-bond donors (Lipinski definition) is 2. The van der Waals surface area contributed by atoms with E-state index in [1.54, 1.807) is 31.2 Å². The molecule has 0 radical (unpaired) electrons. The number of nitrogens with zero attached hydrogens (tertiary/aromatic N) is 2. The number of carbonyl (C=O) groups excluding carboxylic acids is 1. The summed E-state index contributed by atoms with van der Waals surface area (Å²) in [6.45, 7) is 2.12. The highest BCUT2D eigenvalue weighted by atomic mass is 35.5. The Hall–Kier alpha value is -3.13. The zero-order chi connectivity index (χ0) is 21.7. The zero-order valence-corrected chi connectivity index (χ0v) is 16.7. The Morgan fingerprint density at radius 2 is 1.80 bits per heavy atom. The lowest BCUT2D eigenvalue weighted by Gasteiger charge is -2.12. The minimum Gasteiger partial charge on any atom is -0.385 e. The van der Waals surface area contributed by atoms with Gasteiger partial charge in [-0.3, -0.25) is 4.79 Å². The molecule has 0 fully saturated rings. The van der Waals surface area contributed by atoms with E-state index >= 15 is 0 Å². The molecule has 156 valence electrons. The van der Waals surface area contributed by atoms with Crippen molar-refractivity contribution in [3.05, 3.63) is 82.4 Å². The first-order chi connectivity index (χ1) is 14.2. The number of hydrogen-bond acceptors (Lipinski definition) is 4. The van der Waals surface area contributed by atoms with E-state index < -0.39 is 17.6 Å². The molecule has 0 aliphatic heterocycles. The van der Waals surface area contributed by atoms with Crippen LogP contribution in [-0.4, -0.2) is 22.4 Å². The fourth-order valence-corrected chi connectivity index (χ4v) is 2.92. The van der Waals surface area contributed by atoms with Crippen LogP contribution in [0, 0.1) is 6.92 Å². The van der Waals surface area contributed by atoms with E-state index in [4.69, 9.17) is 11.6 Å². The summed E-state index contributed by atoms with van der Waals surface area (Å²) in [5.74, 6) is 0.159. The van der Waals surface area contributed by atoms with Crippen molar-refractivity contribution in [2.24, 2.45) is 0 Å². The number of benzene rings is 2. The quantitative estimate of drug-likeness (QED) is 0.547. The predicted molar refractivity (Wildman–Crippen MR) is 110 cm³/mol. The second kappa shape index (κ2) is 9.13. The van der Waals surface area contributed by atoms with Crippen LogP contribution < -0.4 is 10.6 Å². The summed E-state index contributed by atoms with van der Waals surface area (Å²) in [6, 6.07) is 10.1. The molecule has 0 aliphatic rings. The van der Waals surface area contributed by atoms with E-state index in [9.17, 15) is 18.0 Å². The molecule has 2 N–H and O–H groups in total. The highest BCUT2D eigenvalue weighted by molar-refractivity contribution is 6.34. The predicted octanol–water partition coefficient (Wildman–Crippen LogP) is 5.36. The standard InChI is InChI=1S/C21H18ClF3N4O/c1-13-27-11-17(12-28-13)29-20(30)18-10-16(5-6-19(18)22)26-8-7-14-3-2-4-15(9-14)21(23,24)25/h2-6,9-12,26H,7-8H2,1H3,(H,29,30). The molecule has 2 aromatic carbocycles. The Morgan fingerprint density at radius 3 is 2.50 bits per heavy atom. The normalized spacial score (nSPS) is 11.2. The maximum Gasteiger partial charge on any atom is 0.416 e. The minimum atomic E-state index is -4.37. The van der Waals surface area contributed by atoms with Crippen LogP contribution in [0.5, 0.6) is 0 Å². The van der Waals surface area contributed by atoms with Crippen LogP contribution in [0.15, 0.2) is 54.9 Å². The Bertz CT molecular complexity index is 1040. The SMILES string of the molecule is Cc1ncc(NC(=O)c2cc(NCCc3cccc(C(F)(F)F)c3)ccc2Cl)cn1. The minimum absolute atomic E-state index is 0.251.